The Hall–Kier alpha value is -2.64. The van der Waals surface area contributed by atoms with E-state index in [2.05, 4.69) is 25.5 Å². The third-order valence-corrected chi connectivity index (χ3v) is 4.48. The van der Waals surface area contributed by atoms with Crippen LogP contribution < -0.4 is 15.8 Å². The number of piperidine rings is 1. The zero-order chi connectivity index (χ0) is 17.8. The smallest absolute Gasteiger partial charge is 0.267 e. The number of carbonyl (C=O) groups excluding carboxylic acids is 1. The number of aromatic amines is 1. The third kappa shape index (κ3) is 3.89. The number of hydrogen-bond donors (Lipinski definition) is 2. The maximum absolute atomic E-state index is 12.1. The Morgan fingerprint density at radius 2 is 2.24 bits per heavy atom. The van der Waals surface area contributed by atoms with Crippen molar-refractivity contribution in [3.05, 3.63) is 40.4 Å². The molecule has 3 rings (SSSR count). The summed E-state index contributed by atoms with van der Waals surface area (Å²) in [5.41, 5.74) is 0.425. The molecule has 0 spiro atoms. The van der Waals surface area contributed by atoms with Crippen molar-refractivity contribution >= 4 is 11.7 Å². The molecule has 1 aliphatic rings. The number of hydrogen-bond acceptors (Lipinski definition) is 5. The number of aromatic nitrogens is 4. The fraction of sp³-hybridized carbons (Fsp3) is 0.529. The van der Waals surface area contributed by atoms with Gasteiger partial charge in [-0.05, 0) is 39.2 Å². The zero-order valence-electron chi connectivity index (χ0n) is 14.6. The van der Waals surface area contributed by atoms with E-state index in [1.165, 1.54) is 10.9 Å². The molecule has 0 aliphatic carbocycles. The van der Waals surface area contributed by atoms with E-state index < -0.39 is 0 Å². The van der Waals surface area contributed by atoms with E-state index in [9.17, 15) is 9.59 Å². The summed E-state index contributed by atoms with van der Waals surface area (Å²) < 4.78 is 1.51. The van der Waals surface area contributed by atoms with Gasteiger partial charge in [0.1, 0.15) is 5.82 Å². The van der Waals surface area contributed by atoms with Gasteiger partial charge < -0.3 is 10.2 Å². The van der Waals surface area contributed by atoms with Crippen LogP contribution >= 0.6 is 0 Å². The summed E-state index contributed by atoms with van der Waals surface area (Å²) in [7, 11) is 0. The Bertz CT molecular complexity index is 768. The largest absolute Gasteiger partial charge is 0.350 e. The molecule has 1 unspecified atom stereocenters. The van der Waals surface area contributed by atoms with Gasteiger partial charge in [0, 0.05) is 31.4 Å². The number of amides is 1. The van der Waals surface area contributed by atoms with Crippen molar-refractivity contribution in [2.75, 3.05) is 18.0 Å². The predicted octanol–water partition coefficient (Wildman–Crippen LogP) is 1.34. The highest BCUT2D eigenvalue weighted by Gasteiger charge is 2.25. The summed E-state index contributed by atoms with van der Waals surface area (Å²) in [5.74, 6) is 0.648. The minimum Gasteiger partial charge on any atom is -0.350 e. The molecule has 1 amide bonds. The van der Waals surface area contributed by atoms with Gasteiger partial charge in [0.2, 0.25) is 0 Å². The van der Waals surface area contributed by atoms with E-state index in [1.54, 1.807) is 18.3 Å². The van der Waals surface area contributed by atoms with Crippen LogP contribution in [0.4, 0.5) is 5.82 Å². The van der Waals surface area contributed by atoms with Crippen molar-refractivity contribution in [1.29, 1.82) is 0 Å². The van der Waals surface area contributed by atoms with Crippen LogP contribution in [0.2, 0.25) is 0 Å². The van der Waals surface area contributed by atoms with Crippen molar-refractivity contribution in [1.82, 2.24) is 25.3 Å². The molecule has 0 aromatic carbocycles. The second-order valence-electron chi connectivity index (χ2n) is 6.61. The zero-order valence-corrected chi connectivity index (χ0v) is 14.6. The van der Waals surface area contributed by atoms with Crippen LogP contribution in [0.25, 0.3) is 0 Å². The predicted molar refractivity (Wildman–Crippen MR) is 94.8 cm³/mol. The molecular weight excluding hydrogens is 320 g/mol. The first-order chi connectivity index (χ1) is 12.1. The van der Waals surface area contributed by atoms with Gasteiger partial charge in [-0.1, -0.05) is 0 Å². The highest BCUT2D eigenvalue weighted by atomic mass is 16.1. The Morgan fingerprint density at radius 3 is 2.96 bits per heavy atom. The molecule has 2 aromatic heterocycles. The molecule has 1 saturated heterocycles. The van der Waals surface area contributed by atoms with Gasteiger partial charge in [0.05, 0.1) is 17.8 Å². The summed E-state index contributed by atoms with van der Waals surface area (Å²) >= 11 is 0. The monoisotopic (exact) mass is 344 g/mol. The number of carbonyl (C=O) groups is 1. The van der Waals surface area contributed by atoms with Crippen LogP contribution in [-0.4, -0.2) is 45.0 Å². The lowest BCUT2D eigenvalue weighted by Gasteiger charge is -2.36. The molecule has 0 radical (unpaired) electrons. The second kappa shape index (κ2) is 7.50. The Kier molecular flexibility index (Phi) is 5.16. The number of anilines is 1. The molecule has 8 heteroatoms. The summed E-state index contributed by atoms with van der Waals surface area (Å²) in [6, 6.07) is 3.52. The van der Waals surface area contributed by atoms with Gasteiger partial charge in [0.15, 0.2) is 0 Å². The molecule has 0 saturated carbocycles. The summed E-state index contributed by atoms with van der Waals surface area (Å²) in [6.45, 7) is 5.29. The van der Waals surface area contributed by atoms with E-state index in [0.29, 0.717) is 12.1 Å². The van der Waals surface area contributed by atoms with Gasteiger partial charge in [-0.25, -0.2) is 4.68 Å². The number of nitrogens with zero attached hydrogens (tertiary/aromatic N) is 4. The molecule has 3 heterocycles. The minimum atomic E-state index is -0.139. The number of rotatable bonds is 5. The molecular formula is C17H24N6O2. The number of H-pyrrole nitrogens is 1. The summed E-state index contributed by atoms with van der Waals surface area (Å²) in [5, 5.41) is 13.9. The highest BCUT2D eigenvalue weighted by molar-refractivity contribution is 5.93. The van der Waals surface area contributed by atoms with E-state index >= 15 is 0 Å². The minimum absolute atomic E-state index is 0.0106. The van der Waals surface area contributed by atoms with Crippen molar-refractivity contribution < 1.29 is 4.79 Å². The van der Waals surface area contributed by atoms with Gasteiger partial charge >= 0.3 is 0 Å². The first kappa shape index (κ1) is 17.2. The lowest BCUT2D eigenvalue weighted by atomic mass is 10.0. The quantitative estimate of drug-likeness (QED) is 0.853. The van der Waals surface area contributed by atoms with Crippen LogP contribution in [0.5, 0.6) is 0 Å². The molecule has 134 valence electrons. The van der Waals surface area contributed by atoms with E-state index in [0.717, 1.165) is 31.6 Å². The van der Waals surface area contributed by atoms with Gasteiger partial charge in [0.25, 0.3) is 11.5 Å². The van der Waals surface area contributed by atoms with Crippen LogP contribution in [0.1, 0.15) is 49.5 Å². The second-order valence-corrected chi connectivity index (χ2v) is 6.61. The van der Waals surface area contributed by atoms with Crippen LogP contribution in [0.3, 0.4) is 0 Å². The Labute approximate surface area is 146 Å². The van der Waals surface area contributed by atoms with Crippen LogP contribution in [-0.2, 0) is 0 Å². The topological polar surface area (TPSA) is 95.9 Å². The average Bonchev–Trinajstić information content (AvgIpc) is 3.15. The molecule has 8 nitrogen and oxygen atoms in total. The summed E-state index contributed by atoms with van der Waals surface area (Å²) in [4.78, 5) is 26.3. The normalized spacial score (nSPS) is 17.7. The Morgan fingerprint density at radius 1 is 1.40 bits per heavy atom. The first-order valence-corrected chi connectivity index (χ1v) is 8.69. The maximum Gasteiger partial charge on any atom is 0.267 e. The van der Waals surface area contributed by atoms with Gasteiger partial charge in [-0.15, -0.1) is 0 Å². The Balaban J connectivity index is 1.74. The molecule has 2 aromatic rings. The van der Waals surface area contributed by atoms with Crippen molar-refractivity contribution in [3.63, 3.8) is 0 Å². The molecule has 0 bridgehead atoms. The molecule has 1 aliphatic heterocycles. The van der Waals surface area contributed by atoms with E-state index in [-0.39, 0.29) is 23.6 Å². The molecule has 2 N–H and O–H groups in total. The third-order valence-electron chi connectivity index (χ3n) is 4.48. The average molecular weight is 344 g/mol. The standard InChI is InChI=1S/C17H24N6O2/c1-12(2)23-16(24)7-6-15(21-23)22-8-4-3-5-14(22)11-18-17(25)13-9-19-20-10-13/h6-7,9-10,12,14H,3-5,8,11H2,1-2H3,(H,18,25)(H,19,20). The fourth-order valence-electron chi connectivity index (χ4n) is 3.14. The van der Waals surface area contributed by atoms with E-state index in [4.69, 9.17) is 0 Å². The van der Waals surface area contributed by atoms with Gasteiger partial charge in [-0.3, -0.25) is 14.7 Å². The molecule has 25 heavy (non-hydrogen) atoms. The van der Waals surface area contributed by atoms with Crippen LogP contribution in [0.15, 0.2) is 29.3 Å². The van der Waals surface area contributed by atoms with Crippen LogP contribution in [0, 0.1) is 0 Å². The van der Waals surface area contributed by atoms with E-state index in [1.807, 2.05) is 13.8 Å². The van der Waals surface area contributed by atoms with Crippen molar-refractivity contribution in [2.24, 2.45) is 0 Å². The maximum atomic E-state index is 12.1. The highest BCUT2D eigenvalue weighted by Crippen LogP contribution is 2.22. The van der Waals surface area contributed by atoms with Gasteiger partial charge in [-0.2, -0.15) is 10.2 Å². The SMILES string of the molecule is CC(C)n1nc(N2CCCCC2CNC(=O)c2cn[nH]c2)ccc1=O. The van der Waals surface area contributed by atoms with Crippen molar-refractivity contribution in [2.45, 2.75) is 45.2 Å². The first-order valence-electron chi connectivity index (χ1n) is 8.69. The van der Waals surface area contributed by atoms with Crippen molar-refractivity contribution in [3.8, 4) is 0 Å². The molecule has 1 fully saturated rings. The lowest BCUT2D eigenvalue weighted by molar-refractivity contribution is 0.0949. The lowest BCUT2D eigenvalue weighted by Crippen LogP contribution is -2.47. The summed E-state index contributed by atoms with van der Waals surface area (Å²) in [6.07, 6.45) is 6.26. The number of nitrogens with one attached hydrogen (secondary N) is 2. The molecule has 1 atom stereocenters. The fourth-order valence-corrected chi connectivity index (χ4v) is 3.14.